The Labute approximate surface area is 62.8 Å². The fourth-order valence-electron chi connectivity index (χ4n) is 1.07. The van der Waals surface area contributed by atoms with Gasteiger partial charge >= 0.3 is 0 Å². The van der Waals surface area contributed by atoms with E-state index in [2.05, 4.69) is 5.92 Å². The van der Waals surface area contributed by atoms with E-state index in [1.54, 1.807) is 0 Å². The molecule has 0 fully saturated rings. The molecule has 0 aromatic rings. The molecule has 0 aliphatic rings. The third-order valence-corrected chi connectivity index (χ3v) is 1.72. The minimum absolute atomic E-state index is 0.0579. The highest BCUT2D eigenvalue weighted by atomic mass is 16.1. The smallest absolute Gasteiger partial charge is 0.208 e. The second-order valence-electron chi connectivity index (χ2n) is 2.77. The molecule has 1 heteroatoms. The first-order valence-corrected chi connectivity index (χ1v) is 3.63. The zero-order valence-electron chi connectivity index (χ0n) is 6.85. The van der Waals surface area contributed by atoms with E-state index in [9.17, 15) is 4.79 Å². The molecule has 0 aliphatic carbocycles. The second kappa shape index (κ2) is 4.11. The van der Waals surface area contributed by atoms with Crippen LogP contribution in [0.5, 0.6) is 0 Å². The van der Waals surface area contributed by atoms with Crippen molar-refractivity contribution in [3.8, 4) is 12.3 Å². The lowest BCUT2D eigenvalue weighted by molar-refractivity contribution is -0.118. The van der Waals surface area contributed by atoms with E-state index in [4.69, 9.17) is 6.42 Å². The van der Waals surface area contributed by atoms with E-state index in [0.29, 0.717) is 5.92 Å². The van der Waals surface area contributed by atoms with Crippen LogP contribution in [0.2, 0.25) is 0 Å². The molecular weight excluding hydrogens is 124 g/mol. The SMILES string of the molecule is C#CC(=O)C(CC)C(C)C. The van der Waals surface area contributed by atoms with Gasteiger partial charge in [-0.1, -0.05) is 20.8 Å². The molecule has 56 valence electrons. The lowest BCUT2D eigenvalue weighted by Gasteiger charge is -2.13. The monoisotopic (exact) mass is 138 g/mol. The van der Waals surface area contributed by atoms with Crippen LogP contribution in [0.1, 0.15) is 27.2 Å². The summed E-state index contributed by atoms with van der Waals surface area (Å²) in [4.78, 5) is 10.9. The molecule has 0 saturated heterocycles. The van der Waals surface area contributed by atoms with E-state index in [1.807, 2.05) is 20.8 Å². The minimum Gasteiger partial charge on any atom is -0.285 e. The Hall–Kier alpha value is -0.770. The molecular formula is C9H14O. The molecule has 0 radical (unpaired) electrons. The van der Waals surface area contributed by atoms with Crippen LogP contribution >= 0.6 is 0 Å². The van der Waals surface area contributed by atoms with Gasteiger partial charge in [0.1, 0.15) is 0 Å². The van der Waals surface area contributed by atoms with Gasteiger partial charge in [-0.05, 0) is 18.3 Å². The van der Waals surface area contributed by atoms with Crippen molar-refractivity contribution >= 4 is 5.78 Å². The summed E-state index contributed by atoms with van der Waals surface area (Å²) in [7, 11) is 0. The van der Waals surface area contributed by atoms with Crippen LogP contribution in [-0.4, -0.2) is 5.78 Å². The predicted octanol–water partition coefficient (Wildman–Crippen LogP) is 1.87. The molecule has 0 amide bonds. The number of carbonyl (C=O) groups excluding carboxylic acids is 1. The van der Waals surface area contributed by atoms with Crippen molar-refractivity contribution in [1.82, 2.24) is 0 Å². The van der Waals surface area contributed by atoms with Gasteiger partial charge < -0.3 is 0 Å². The molecule has 0 N–H and O–H groups in total. The normalized spacial score (nSPS) is 12.7. The first-order chi connectivity index (χ1) is 4.63. The first-order valence-electron chi connectivity index (χ1n) is 3.63. The standard InChI is InChI=1S/C9H14O/c1-5-8(7(3)4)9(10)6-2/h2,7-8H,5H2,1,3-4H3. The summed E-state index contributed by atoms with van der Waals surface area (Å²) in [5, 5.41) is 0. The minimum atomic E-state index is -0.0579. The fourth-order valence-corrected chi connectivity index (χ4v) is 1.07. The topological polar surface area (TPSA) is 17.1 Å². The maximum absolute atomic E-state index is 10.9. The predicted molar refractivity (Wildman–Crippen MR) is 42.5 cm³/mol. The van der Waals surface area contributed by atoms with Crippen LogP contribution in [0.4, 0.5) is 0 Å². The lowest BCUT2D eigenvalue weighted by Crippen LogP contribution is -2.17. The molecule has 1 atom stereocenters. The molecule has 0 bridgehead atoms. The summed E-state index contributed by atoms with van der Waals surface area (Å²) in [6, 6.07) is 0. The summed E-state index contributed by atoms with van der Waals surface area (Å²) in [5.74, 6) is 2.53. The van der Waals surface area contributed by atoms with Crippen molar-refractivity contribution in [2.75, 3.05) is 0 Å². The Morgan fingerprint density at radius 3 is 2.20 bits per heavy atom. The van der Waals surface area contributed by atoms with Crippen molar-refractivity contribution in [2.24, 2.45) is 11.8 Å². The number of Topliss-reactive ketones (excluding diaryl/α,β-unsaturated/α-hetero) is 1. The van der Waals surface area contributed by atoms with Crippen molar-refractivity contribution < 1.29 is 4.79 Å². The second-order valence-corrected chi connectivity index (χ2v) is 2.77. The van der Waals surface area contributed by atoms with Gasteiger partial charge in [-0.15, -0.1) is 6.42 Å². The highest BCUT2D eigenvalue weighted by molar-refractivity contribution is 5.96. The maximum atomic E-state index is 10.9. The number of terminal acetylenes is 1. The molecule has 0 heterocycles. The third-order valence-electron chi connectivity index (χ3n) is 1.72. The van der Waals surface area contributed by atoms with Gasteiger partial charge in [0.25, 0.3) is 0 Å². The van der Waals surface area contributed by atoms with Crippen LogP contribution in [0.15, 0.2) is 0 Å². The van der Waals surface area contributed by atoms with Crippen molar-refractivity contribution in [1.29, 1.82) is 0 Å². The average Bonchev–Trinajstić information content (AvgIpc) is 1.88. The van der Waals surface area contributed by atoms with Gasteiger partial charge in [0.2, 0.25) is 5.78 Å². The number of hydrogen-bond donors (Lipinski definition) is 0. The Balaban J connectivity index is 4.10. The van der Waals surface area contributed by atoms with Crippen LogP contribution in [0, 0.1) is 24.2 Å². The van der Waals surface area contributed by atoms with Gasteiger partial charge in [-0.25, -0.2) is 0 Å². The highest BCUT2D eigenvalue weighted by Crippen LogP contribution is 2.14. The van der Waals surface area contributed by atoms with Crippen LogP contribution in [-0.2, 0) is 4.79 Å². The third kappa shape index (κ3) is 2.23. The van der Waals surface area contributed by atoms with Crippen LogP contribution < -0.4 is 0 Å². The van der Waals surface area contributed by atoms with Crippen molar-refractivity contribution in [2.45, 2.75) is 27.2 Å². The van der Waals surface area contributed by atoms with Crippen LogP contribution in [0.3, 0.4) is 0 Å². The summed E-state index contributed by atoms with van der Waals surface area (Å²) in [6.07, 6.45) is 5.83. The molecule has 0 aromatic heterocycles. The number of ketones is 1. The molecule has 10 heavy (non-hydrogen) atoms. The zero-order valence-corrected chi connectivity index (χ0v) is 6.85. The Morgan fingerprint density at radius 1 is 1.60 bits per heavy atom. The van der Waals surface area contributed by atoms with E-state index in [0.717, 1.165) is 6.42 Å². The van der Waals surface area contributed by atoms with E-state index >= 15 is 0 Å². The Kier molecular flexibility index (Phi) is 3.79. The summed E-state index contributed by atoms with van der Waals surface area (Å²) in [5.41, 5.74) is 0. The summed E-state index contributed by atoms with van der Waals surface area (Å²) >= 11 is 0. The van der Waals surface area contributed by atoms with E-state index in [-0.39, 0.29) is 11.7 Å². The van der Waals surface area contributed by atoms with E-state index < -0.39 is 0 Å². The molecule has 0 rings (SSSR count). The summed E-state index contributed by atoms with van der Waals surface area (Å²) in [6.45, 7) is 6.02. The van der Waals surface area contributed by atoms with Crippen molar-refractivity contribution in [3.63, 3.8) is 0 Å². The van der Waals surface area contributed by atoms with Gasteiger partial charge in [-0.2, -0.15) is 0 Å². The maximum Gasteiger partial charge on any atom is 0.208 e. The quantitative estimate of drug-likeness (QED) is 0.430. The fraction of sp³-hybridized carbons (Fsp3) is 0.667. The number of hydrogen-bond acceptors (Lipinski definition) is 1. The van der Waals surface area contributed by atoms with Gasteiger partial charge in [0, 0.05) is 5.92 Å². The van der Waals surface area contributed by atoms with E-state index in [1.165, 1.54) is 0 Å². The van der Waals surface area contributed by atoms with Crippen molar-refractivity contribution in [3.05, 3.63) is 0 Å². The zero-order chi connectivity index (χ0) is 8.15. The lowest BCUT2D eigenvalue weighted by atomic mass is 9.90. The Bertz CT molecular complexity index is 151. The molecule has 0 spiro atoms. The Morgan fingerprint density at radius 2 is 2.10 bits per heavy atom. The highest BCUT2D eigenvalue weighted by Gasteiger charge is 2.17. The number of carbonyl (C=O) groups is 1. The molecule has 0 aromatic carbocycles. The van der Waals surface area contributed by atoms with Gasteiger partial charge in [0.05, 0.1) is 0 Å². The molecule has 0 aliphatic heterocycles. The number of rotatable bonds is 3. The molecule has 1 unspecified atom stereocenters. The van der Waals surface area contributed by atoms with Gasteiger partial charge in [-0.3, -0.25) is 4.79 Å². The first kappa shape index (κ1) is 9.23. The average molecular weight is 138 g/mol. The largest absolute Gasteiger partial charge is 0.285 e. The molecule has 1 nitrogen and oxygen atoms in total. The van der Waals surface area contributed by atoms with Crippen LogP contribution in [0.25, 0.3) is 0 Å². The summed E-state index contributed by atoms with van der Waals surface area (Å²) < 4.78 is 0. The van der Waals surface area contributed by atoms with Gasteiger partial charge in [0.15, 0.2) is 0 Å². The molecule has 0 saturated carbocycles.